The number of carbonyl (C=O) groups excluding carboxylic acids is 2. The molecule has 1 saturated heterocycles. The Morgan fingerprint density at radius 2 is 1.96 bits per heavy atom. The Balaban J connectivity index is 1.41. The zero-order chi connectivity index (χ0) is 18.6. The quantitative estimate of drug-likeness (QED) is 0.761. The fourth-order valence-corrected chi connectivity index (χ4v) is 3.52. The van der Waals surface area contributed by atoms with Crippen LogP contribution in [0.25, 0.3) is 0 Å². The molecule has 0 unspecified atom stereocenters. The van der Waals surface area contributed by atoms with Crippen molar-refractivity contribution in [2.24, 2.45) is 0 Å². The monoisotopic (exact) mass is 365 g/mol. The number of para-hydroxylation sites is 2. The Hall–Kier alpha value is -2.86. The van der Waals surface area contributed by atoms with Crippen LogP contribution < -0.4 is 20.7 Å². The van der Waals surface area contributed by atoms with Gasteiger partial charge in [-0.25, -0.2) is 0 Å². The average Bonchev–Trinajstić information content (AvgIpc) is 3.03. The summed E-state index contributed by atoms with van der Waals surface area (Å²) in [6.45, 7) is 1.90. The SMILES string of the molecule is O=C1Cc2ccc(CC(=O)Nc3ccccc3OC3CCNCC3)cc2N1. The van der Waals surface area contributed by atoms with E-state index in [0.29, 0.717) is 17.9 Å². The summed E-state index contributed by atoms with van der Waals surface area (Å²) in [5.41, 5.74) is 3.34. The van der Waals surface area contributed by atoms with Gasteiger partial charge in [-0.3, -0.25) is 9.59 Å². The summed E-state index contributed by atoms with van der Waals surface area (Å²) in [5, 5.41) is 9.10. The molecule has 140 valence electrons. The fourth-order valence-electron chi connectivity index (χ4n) is 3.52. The number of fused-ring (bicyclic) bond motifs is 1. The molecular formula is C21H23N3O3. The second kappa shape index (κ2) is 7.80. The molecule has 0 bridgehead atoms. The van der Waals surface area contributed by atoms with Crippen LogP contribution in [-0.2, 0) is 22.4 Å². The smallest absolute Gasteiger partial charge is 0.228 e. The number of amides is 2. The van der Waals surface area contributed by atoms with Gasteiger partial charge in [0.1, 0.15) is 11.9 Å². The van der Waals surface area contributed by atoms with Crippen LogP contribution in [0.3, 0.4) is 0 Å². The highest BCUT2D eigenvalue weighted by molar-refractivity contribution is 5.99. The molecule has 0 aromatic heterocycles. The van der Waals surface area contributed by atoms with Gasteiger partial charge in [0, 0.05) is 5.69 Å². The van der Waals surface area contributed by atoms with Gasteiger partial charge in [-0.05, 0) is 55.3 Å². The Morgan fingerprint density at radius 3 is 2.81 bits per heavy atom. The molecule has 2 heterocycles. The molecule has 27 heavy (non-hydrogen) atoms. The van der Waals surface area contributed by atoms with E-state index in [1.807, 2.05) is 42.5 Å². The number of anilines is 2. The number of ether oxygens (including phenoxy) is 1. The summed E-state index contributed by atoms with van der Waals surface area (Å²) in [5.74, 6) is 0.593. The van der Waals surface area contributed by atoms with E-state index in [4.69, 9.17) is 4.74 Å². The summed E-state index contributed by atoms with van der Waals surface area (Å²) in [4.78, 5) is 24.0. The fraction of sp³-hybridized carbons (Fsp3) is 0.333. The number of carbonyl (C=O) groups is 2. The standard InChI is InChI=1S/C21H23N3O3/c25-20(12-14-5-6-15-13-21(26)24-18(15)11-14)23-17-3-1-2-4-19(17)27-16-7-9-22-10-8-16/h1-6,11,16,22H,7-10,12-13H2,(H,23,25)(H,24,26). The minimum atomic E-state index is -0.111. The maximum absolute atomic E-state index is 12.5. The number of hydrogen-bond donors (Lipinski definition) is 3. The van der Waals surface area contributed by atoms with E-state index in [2.05, 4.69) is 16.0 Å². The van der Waals surface area contributed by atoms with Gasteiger partial charge in [-0.1, -0.05) is 24.3 Å². The highest BCUT2D eigenvalue weighted by Crippen LogP contribution is 2.27. The zero-order valence-corrected chi connectivity index (χ0v) is 15.1. The van der Waals surface area contributed by atoms with Gasteiger partial charge in [0.15, 0.2) is 0 Å². The first kappa shape index (κ1) is 17.5. The molecule has 2 aromatic carbocycles. The molecule has 3 N–H and O–H groups in total. The second-order valence-electron chi connectivity index (χ2n) is 7.00. The van der Waals surface area contributed by atoms with Crippen molar-refractivity contribution in [3.8, 4) is 5.75 Å². The minimum absolute atomic E-state index is 0.00408. The third-order valence-corrected chi connectivity index (χ3v) is 4.91. The minimum Gasteiger partial charge on any atom is -0.488 e. The molecule has 1 fully saturated rings. The van der Waals surface area contributed by atoms with Crippen molar-refractivity contribution in [3.63, 3.8) is 0 Å². The first-order chi connectivity index (χ1) is 13.2. The molecule has 6 heteroatoms. The third-order valence-electron chi connectivity index (χ3n) is 4.91. The molecule has 6 nitrogen and oxygen atoms in total. The molecule has 2 aliphatic heterocycles. The van der Waals surface area contributed by atoms with Crippen molar-refractivity contribution >= 4 is 23.2 Å². The molecule has 0 saturated carbocycles. The Labute approximate surface area is 158 Å². The Morgan fingerprint density at radius 1 is 1.15 bits per heavy atom. The first-order valence-corrected chi connectivity index (χ1v) is 9.35. The van der Waals surface area contributed by atoms with Crippen LogP contribution in [0.1, 0.15) is 24.0 Å². The van der Waals surface area contributed by atoms with Gasteiger partial charge in [-0.15, -0.1) is 0 Å². The number of hydrogen-bond acceptors (Lipinski definition) is 4. The predicted molar refractivity (Wildman–Crippen MR) is 104 cm³/mol. The van der Waals surface area contributed by atoms with Crippen molar-refractivity contribution in [2.75, 3.05) is 23.7 Å². The highest BCUT2D eigenvalue weighted by atomic mass is 16.5. The van der Waals surface area contributed by atoms with E-state index in [1.165, 1.54) is 0 Å². The summed E-state index contributed by atoms with van der Waals surface area (Å²) in [7, 11) is 0. The summed E-state index contributed by atoms with van der Waals surface area (Å²) < 4.78 is 6.11. The van der Waals surface area contributed by atoms with Gasteiger partial charge >= 0.3 is 0 Å². The van der Waals surface area contributed by atoms with Gasteiger partial charge in [0.05, 0.1) is 18.5 Å². The molecule has 0 aliphatic carbocycles. The average molecular weight is 365 g/mol. The molecule has 2 aliphatic rings. The molecule has 0 spiro atoms. The van der Waals surface area contributed by atoms with E-state index < -0.39 is 0 Å². The maximum atomic E-state index is 12.5. The van der Waals surface area contributed by atoms with Crippen LogP contribution in [0, 0.1) is 0 Å². The van der Waals surface area contributed by atoms with Gasteiger partial charge in [0.2, 0.25) is 11.8 Å². The topological polar surface area (TPSA) is 79.5 Å². The van der Waals surface area contributed by atoms with Crippen molar-refractivity contribution in [1.29, 1.82) is 0 Å². The highest BCUT2D eigenvalue weighted by Gasteiger charge is 2.19. The maximum Gasteiger partial charge on any atom is 0.228 e. The molecule has 4 rings (SSSR count). The lowest BCUT2D eigenvalue weighted by Crippen LogP contribution is -2.34. The first-order valence-electron chi connectivity index (χ1n) is 9.35. The van der Waals surface area contributed by atoms with Crippen LogP contribution in [0.5, 0.6) is 5.75 Å². The number of nitrogens with one attached hydrogen (secondary N) is 3. The predicted octanol–water partition coefficient (Wildman–Crippen LogP) is 2.49. The Kier molecular flexibility index (Phi) is 5.07. The normalized spacial score (nSPS) is 16.5. The zero-order valence-electron chi connectivity index (χ0n) is 15.1. The van der Waals surface area contributed by atoms with Gasteiger partial charge in [-0.2, -0.15) is 0 Å². The summed E-state index contributed by atoms with van der Waals surface area (Å²) >= 11 is 0. The number of piperidine rings is 1. The number of benzene rings is 2. The van der Waals surface area contributed by atoms with Crippen molar-refractivity contribution in [3.05, 3.63) is 53.6 Å². The molecule has 2 amide bonds. The van der Waals surface area contributed by atoms with Gasteiger partial charge < -0.3 is 20.7 Å². The van der Waals surface area contributed by atoms with Crippen LogP contribution >= 0.6 is 0 Å². The molecule has 2 aromatic rings. The van der Waals surface area contributed by atoms with Crippen molar-refractivity contribution in [1.82, 2.24) is 5.32 Å². The van der Waals surface area contributed by atoms with E-state index in [-0.39, 0.29) is 24.3 Å². The largest absolute Gasteiger partial charge is 0.488 e. The van der Waals surface area contributed by atoms with Crippen LogP contribution in [-0.4, -0.2) is 31.0 Å². The van der Waals surface area contributed by atoms with Crippen molar-refractivity contribution < 1.29 is 14.3 Å². The van der Waals surface area contributed by atoms with Crippen LogP contribution in [0.2, 0.25) is 0 Å². The summed E-state index contributed by atoms with van der Waals surface area (Å²) in [6.07, 6.45) is 2.74. The lowest BCUT2D eigenvalue weighted by atomic mass is 10.1. The lowest BCUT2D eigenvalue weighted by molar-refractivity contribution is -0.116. The molecular weight excluding hydrogens is 342 g/mol. The third kappa shape index (κ3) is 4.28. The van der Waals surface area contributed by atoms with Crippen LogP contribution in [0.15, 0.2) is 42.5 Å². The van der Waals surface area contributed by atoms with Crippen LogP contribution in [0.4, 0.5) is 11.4 Å². The lowest BCUT2D eigenvalue weighted by Gasteiger charge is -2.25. The Bertz CT molecular complexity index is 860. The van der Waals surface area contributed by atoms with Crippen molar-refractivity contribution in [2.45, 2.75) is 31.8 Å². The molecule has 0 atom stereocenters. The molecule has 0 radical (unpaired) electrons. The van der Waals surface area contributed by atoms with E-state index in [1.54, 1.807) is 0 Å². The van der Waals surface area contributed by atoms with E-state index in [0.717, 1.165) is 42.7 Å². The van der Waals surface area contributed by atoms with Gasteiger partial charge in [0.25, 0.3) is 0 Å². The summed E-state index contributed by atoms with van der Waals surface area (Å²) in [6, 6.07) is 13.2. The number of rotatable bonds is 5. The second-order valence-corrected chi connectivity index (χ2v) is 7.00. The van der Waals surface area contributed by atoms with E-state index >= 15 is 0 Å². The van der Waals surface area contributed by atoms with E-state index in [9.17, 15) is 9.59 Å².